The molecule has 3 heterocycles. The van der Waals surface area contributed by atoms with E-state index in [9.17, 15) is 8.42 Å². The van der Waals surface area contributed by atoms with Crippen molar-refractivity contribution in [3.63, 3.8) is 0 Å². The number of piperazine rings is 1. The molecule has 10 heteroatoms. The summed E-state index contributed by atoms with van der Waals surface area (Å²) in [6, 6.07) is 16.5. The van der Waals surface area contributed by atoms with Crippen LogP contribution >= 0.6 is 0 Å². The van der Waals surface area contributed by atoms with Gasteiger partial charge in [-0.05, 0) is 31.2 Å². The molecule has 0 aliphatic carbocycles. The molecule has 9 nitrogen and oxygen atoms in total. The predicted molar refractivity (Wildman–Crippen MR) is 117 cm³/mol. The third-order valence-corrected chi connectivity index (χ3v) is 7.33. The van der Waals surface area contributed by atoms with Crippen molar-refractivity contribution in [2.45, 2.75) is 11.8 Å². The van der Waals surface area contributed by atoms with Gasteiger partial charge in [-0.15, -0.1) is 5.10 Å². The molecule has 0 unspecified atom stereocenters. The Morgan fingerprint density at radius 3 is 2.29 bits per heavy atom. The highest BCUT2D eigenvalue weighted by Gasteiger charge is 2.30. The van der Waals surface area contributed by atoms with Gasteiger partial charge in [0.1, 0.15) is 6.33 Å². The molecule has 0 N–H and O–H groups in total. The summed E-state index contributed by atoms with van der Waals surface area (Å²) in [6.07, 6.45) is 1.50. The lowest BCUT2D eigenvalue weighted by Gasteiger charge is -2.34. The number of anilines is 1. The molecule has 2 aromatic carbocycles. The summed E-state index contributed by atoms with van der Waals surface area (Å²) in [5, 5.41) is 8.60. The van der Waals surface area contributed by atoms with E-state index in [1.165, 1.54) is 10.6 Å². The molecule has 0 radical (unpaired) electrons. The maximum absolute atomic E-state index is 12.9. The number of sulfonamides is 1. The third-order valence-electron chi connectivity index (χ3n) is 5.42. The number of fused-ring (bicyclic) bond motifs is 1. The van der Waals surface area contributed by atoms with Crippen molar-refractivity contribution in [2.24, 2.45) is 0 Å². The highest BCUT2D eigenvalue weighted by atomic mass is 32.2. The van der Waals surface area contributed by atoms with E-state index in [0.29, 0.717) is 48.1 Å². The molecule has 0 saturated carbocycles. The molecule has 2 aromatic heterocycles. The van der Waals surface area contributed by atoms with Gasteiger partial charge in [-0.1, -0.05) is 41.1 Å². The summed E-state index contributed by atoms with van der Waals surface area (Å²) in [4.78, 5) is 11.2. The quantitative estimate of drug-likeness (QED) is 0.484. The van der Waals surface area contributed by atoms with Crippen molar-refractivity contribution in [2.75, 3.05) is 31.1 Å². The maximum atomic E-state index is 12.9. The first-order chi connectivity index (χ1) is 15.0. The first-order valence-corrected chi connectivity index (χ1v) is 11.4. The van der Waals surface area contributed by atoms with Gasteiger partial charge in [0.25, 0.3) is 0 Å². The van der Waals surface area contributed by atoms with Gasteiger partial charge in [0, 0.05) is 26.2 Å². The zero-order chi connectivity index (χ0) is 21.4. The summed E-state index contributed by atoms with van der Waals surface area (Å²) in [7, 11) is -3.50. The molecule has 1 fully saturated rings. The Hall–Kier alpha value is -3.37. The summed E-state index contributed by atoms with van der Waals surface area (Å²) >= 11 is 0. The van der Waals surface area contributed by atoms with Crippen LogP contribution in [0.1, 0.15) is 5.56 Å². The lowest BCUT2D eigenvalue weighted by Crippen LogP contribution is -2.49. The topological polar surface area (TPSA) is 97.1 Å². The van der Waals surface area contributed by atoms with E-state index >= 15 is 0 Å². The smallest absolute Gasteiger partial charge is 0.243 e. The summed E-state index contributed by atoms with van der Waals surface area (Å²) in [5.74, 6) is 0.667. The molecule has 1 saturated heterocycles. The lowest BCUT2D eigenvalue weighted by atomic mass is 10.2. The lowest BCUT2D eigenvalue weighted by molar-refractivity contribution is 0.384. The monoisotopic (exact) mass is 435 g/mol. The highest BCUT2D eigenvalue weighted by Crippen LogP contribution is 2.25. The van der Waals surface area contributed by atoms with Crippen LogP contribution in [0.3, 0.4) is 0 Å². The predicted octanol–water partition coefficient (Wildman–Crippen LogP) is 2.03. The van der Waals surface area contributed by atoms with Gasteiger partial charge in [-0.2, -0.15) is 8.99 Å². The van der Waals surface area contributed by atoms with Crippen LogP contribution in [0, 0.1) is 6.92 Å². The largest absolute Gasteiger partial charge is 0.352 e. The van der Waals surface area contributed by atoms with Crippen molar-refractivity contribution in [3.05, 3.63) is 66.5 Å². The van der Waals surface area contributed by atoms with Gasteiger partial charge < -0.3 is 4.90 Å². The second-order valence-corrected chi connectivity index (χ2v) is 9.35. The minimum absolute atomic E-state index is 0.314. The fourth-order valence-corrected chi connectivity index (χ4v) is 5.15. The van der Waals surface area contributed by atoms with Crippen LogP contribution < -0.4 is 4.90 Å². The van der Waals surface area contributed by atoms with E-state index in [0.717, 1.165) is 11.3 Å². The molecule has 1 aliphatic heterocycles. The number of aromatic nitrogens is 5. The molecule has 4 aromatic rings. The van der Waals surface area contributed by atoms with Crippen molar-refractivity contribution < 1.29 is 8.42 Å². The van der Waals surface area contributed by atoms with Crippen molar-refractivity contribution in [1.29, 1.82) is 0 Å². The first kappa shape index (κ1) is 19.6. The second kappa shape index (κ2) is 7.71. The number of hydrogen-bond donors (Lipinski definition) is 0. The fraction of sp³-hybridized carbons (Fsp3) is 0.238. The van der Waals surface area contributed by atoms with E-state index in [-0.39, 0.29) is 0 Å². The van der Waals surface area contributed by atoms with Gasteiger partial charge in [0.15, 0.2) is 17.0 Å². The first-order valence-electron chi connectivity index (χ1n) is 9.98. The average Bonchev–Trinajstić information content (AvgIpc) is 3.25. The zero-order valence-corrected chi connectivity index (χ0v) is 17.8. The molecular weight excluding hydrogens is 414 g/mol. The van der Waals surface area contributed by atoms with Crippen LogP contribution in [0.15, 0.2) is 65.8 Å². The Labute approximate surface area is 180 Å². The highest BCUT2D eigenvalue weighted by molar-refractivity contribution is 7.89. The van der Waals surface area contributed by atoms with Crippen LogP contribution in [0.25, 0.3) is 16.9 Å². The third kappa shape index (κ3) is 3.53. The summed E-state index contributed by atoms with van der Waals surface area (Å²) < 4.78 is 29.0. The van der Waals surface area contributed by atoms with Gasteiger partial charge in [-0.3, -0.25) is 0 Å². The minimum Gasteiger partial charge on any atom is -0.352 e. The van der Waals surface area contributed by atoms with E-state index < -0.39 is 10.0 Å². The SMILES string of the molecule is Cc1ccc(-n2nnc3c(N4CCN(S(=O)(=O)c5ccccc5)CC4)ncnc32)cc1. The normalized spacial score (nSPS) is 15.5. The van der Waals surface area contributed by atoms with E-state index in [2.05, 4.69) is 20.3 Å². The Kier molecular flexibility index (Phi) is 4.87. The number of aryl methyl sites for hydroxylation is 1. The average molecular weight is 436 g/mol. The summed E-state index contributed by atoms with van der Waals surface area (Å²) in [5.41, 5.74) is 3.25. The minimum atomic E-state index is -3.50. The molecule has 0 amide bonds. The zero-order valence-electron chi connectivity index (χ0n) is 17.0. The molecule has 1 aliphatic rings. The van der Waals surface area contributed by atoms with Crippen molar-refractivity contribution in [1.82, 2.24) is 29.3 Å². The second-order valence-electron chi connectivity index (χ2n) is 7.41. The molecule has 5 rings (SSSR count). The standard InChI is InChI=1S/C21H21N7O2S/c1-16-7-9-17(10-8-16)28-21-19(24-25-28)20(22-15-23-21)26-11-13-27(14-12-26)31(29,30)18-5-3-2-4-6-18/h2-10,15H,11-14H2,1H3. The molecule has 158 valence electrons. The van der Waals surface area contributed by atoms with Gasteiger partial charge >= 0.3 is 0 Å². The van der Waals surface area contributed by atoms with Crippen LogP contribution in [0.2, 0.25) is 0 Å². The molecule has 0 spiro atoms. The molecular formula is C21H21N7O2S. The Balaban J connectivity index is 1.40. The van der Waals surface area contributed by atoms with E-state index in [1.54, 1.807) is 35.0 Å². The van der Waals surface area contributed by atoms with Gasteiger partial charge in [0.2, 0.25) is 10.0 Å². The van der Waals surface area contributed by atoms with Crippen LogP contribution in [-0.2, 0) is 10.0 Å². The van der Waals surface area contributed by atoms with E-state index in [1.807, 2.05) is 36.1 Å². The Morgan fingerprint density at radius 1 is 0.871 bits per heavy atom. The fourth-order valence-electron chi connectivity index (χ4n) is 3.71. The van der Waals surface area contributed by atoms with Crippen LogP contribution in [0.4, 0.5) is 5.82 Å². The Bertz CT molecular complexity index is 1310. The van der Waals surface area contributed by atoms with Crippen LogP contribution in [-0.4, -0.2) is 63.9 Å². The number of benzene rings is 2. The summed E-state index contributed by atoms with van der Waals surface area (Å²) in [6.45, 7) is 3.79. The van der Waals surface area contributed by atoms with Crippen molar-refractivity contribution in [3.8, 4) is 5.69 Å². The number of nitrogens with zero attached hydrogens (tertiary/aromatic N) is 7. The van der Waals surface area contributed by atoms with E-state index in [4.69, 9.17) is 0 Å². The van der Waals surface area contributed by atoms with Crippen LogP contribution in [0.5, 0.6) is 0 Å². The van der Waals surface area contributed by atoms with Gasteiger partial charge in [-0.25, -0.2) is 18.4 Å². The maximum Gasteiger partial charge on any atom is 0.243 e. The molecule has 0 atom stereocenters. The van der Waals surface area contributed by atoms with Crippen molar-refractivity contribution >= 4 is 27.0 Å². The molecule has 31 heavy (non-hydrogen) atoms. The Morgan fingerprint density at radius 2 is 1.58 bits per heavy atom. The number of rotatable bonds is 4. The molecule has 0 bridgehead atoms. The number of hydrogen-bond acceptors (Lipinski definition) is 7. The van der Waals surface area contributed by atoms with Gasteiger partial charge in [0.05, 0.1) is 10.6 Å².